The molecule has 128 valence electrons. The molecule has 0 aromatic carbocycles. The van der Waals surface area contributed by atoms with Crippen molar-refractivity contribution in [2.45, 2.75) is 38.9 Å². The van der Waals surface area contributed by atoms with Crippen LogP contribution >= 0.6 is 0 Å². The summed E-state index contributed by atoms with van der Waals surface area (Å²) in [5.41, 5.74) is 0. The maximum Gasteiger partial charge on any atom is 0.192 e. The Kier molecular flexibility index (Phi) is 11.6. The molecule has 0 radical (unpaired) electrons. The van der Waals surface area contributed by atoms with Gasteiger partial charge < -0.3 is 23.4 Å². The number of hydrogen-bond donors (Lipinski definition) is 0. The number of methoxy groups -OCH3 is 1. The Labute approximate surface area is 131 Å². The van der Waals surface area contributed by atoms with E-state index >= 15 is 0 Å². The normalized spacial score (nSPS) is 12.9. The lowest BCUT2D eigenvalue weighted by atomic mass is 10.2. The molecule has 0 saturated heterocycles. The van der Waals surface area contributed by atoms with E-state index in [-0.39, 0.29) is 5.04 Å². The van der Waals surface area contributed by atoms with Gasteiger partial charge in [0.2, 0.25) is 0 Å². The molecule has 0 aromatic rings. The summed E-state index contributed by atoms with van der Waals surface area (Å²) in [7, 11) is 0.0186. The molecule has 21 heavy (non-hydrogen) atoms. The zero-order chi connectivity index (χ0) is 16.2. The van der Waals surface area contributed by atoms with Crippen molar-refractivity contribution in [2.24, 2.45) is 0 Å². The van der Waals surface area contributed by atoms with Gasteiger partial charge >= 0.3 is 0 Å². The van der Waals surface area contributed by atoms with Crippen LogP contribution < -0.4 is 0 Å². The second-order valence-corrected chi connectivity index (χ2v) is 11.2. The number of ether oxygens (including phenoxy) is 4. The van der Waals surface area contributed by atoms with Crippen molar-refractivity contribution in [2.75, 3.05) is 60.0 Å². The molecule has 0 aliphatic carbocycles. The Balaban J connectivity index is 3.30. The molecular formula is C15H34O5Si. The smallest absolute Gasteiger partial charge is 0.192 e. The molecule has 0 rings (SSSR count). The van der Waals surface area contributed by atoms with E-state index in [2.05, 4.69) is 33.9 Å². The minimum atomic E-state index is -1.64. The molecule has 0 atom stereocenters. The van der Waals surface area contributed by atoms with E-state index < -0.39 is 8.32 Å². The number of hydrogen-bond acceptors (Lipinski definition) is 5. The lowest BCUT2D eigenvalue weighted by molar-refractivity contribution is -0.000389. The average Bonchev–Trinajstić information content (AvgIpc) is 2.38. The first-order valence-electron chi connectivity index (χ1n) is 7.67. The Morgan fingerprint density at radius 3 is 1.43 bits per heavy atom. The molecule has 0 aliphatic heterocycles. The quantitative estimate of drug-likeness (QED) is 0.385. The lowest BCUT2D eigenvalue weighted by Gasteiger charge is -2.36. The fourth-order valence-electron chi connectivity index (χ4n) is 1.26. The minimum absolute atomic E-state index is 0.249. The van der Waals surface area contributed by atoms with Gasteiger partial charge in [-0.05, 0) is 18.1 Å². The van der Waals surface area contributed by atoms with Gasteiger partial charge in [0.05, 0.1) is 52.9 Å². The van der Waals surface area contributed by atoms with E-state index in [1.165, 1.54) is 0 Å². The van der Waals surface area contributed by atoms with Gasteiger partial charge in [-0.15, -0.1) is 0 Å². The van der Waals surface area contributed by atoms with Gasteiger partial charge in [0.1, 0.15) is 0 Å². The first kappa shape index (κ1) is 21.0. The predicted molar refractivity (Wildman–Crippen MR) is 87.5 cm³/mol. The first-order valence-corrected chi connectivity index (χ1v) is 10.6. The highest BCUT2D eigenvalue weighted by molar-refractivity contribution is 6.74. The van der Waals surface area contributed by atoms with Crippen LogP contribution in [-0.4, -0.2) is 68.3 Å². The van der Waals surface area contributed by atoms with Gasteiger partial charge in [0.25, 0.3) is 0 Å². The topological polar surface area (TPSA) is 46.2 Å². The molecule has 0 fully saturated rings. The molecule has 6 heteroatoms. The fraction of sp³-hybridized carbons (Fsp3) is 1.00. The van der Waals surface area contributed by atoms with Gasteiger partial charge in [0, 0.05) is 7.11 Å². The largest absolute Gasteiger partial charge is 0.414 e. The van der Waals surface area contributed by atoms with E-state index in [1.54, 1.807) is 7.11 Å². The van der Waals surface area contributed by atoms with Crippen molar-refractivity contribution >= 4 is 8.32 Å². The van der Waals surface area contributed by atoms with Crippen LogP contribution in [0.2, 0.25) is 18.1 Å². The highest BCUT2D eigenvalue weighted by atomic mass is 28.4. The second kappa shape index (κ2) is 11.6. The molecule has 0 N–H and O–H groups in total. The van der Waals surface area contributed by atoms with Crippen LogP contribution in [0, 0.1) is 0 Å². The molecule has 0 bridgehead atoms. The second-order valence-electron chi connectivity index (χ2n) is 6.44. The van der Waals surface area contributed by atoms with Gasteiger partial charge in [-0.1, -0.05) is 20.8 Å². The summed E-state index contributed by atoms with van der Waals surface area (Å²) in [5, 5.41) is 0.249. The fourth-order valence-corrected chi connectivity index (χ4v) is 2.28. The summed E-state index contributed by atoms with van der Waals surface area (Å²) < 4.78 is 27.1. The highest BCUT2D eigenvalue weighted by Crippen LogP contribution is 2.36. The van der Waals surface area contributed by atoms with Crippen LogP contribution in [0.1, 0.15) is 20.8 Å². The first-order chi connectivity index (χ1) is 9.81. The van der Waals surface area contributed by atoms with Crippen LogP contribution in [0.15, 0.2) is 0 Å². The predicted octanol–water partition coefficient (Wildman–Crippen LogP) is 2.70. The van der Waals surface area contributed by atoms with Crippen LogP contribution in [0.3, 0.4) is 0 Å². The van der Waals surface area contributed by atoms with Crippen LogP contribution in [0.5, 0.6) is 0 Å². The summed E-state index contributed by atoms with van der Waals surface area (Å²) in [6.07, 6.45) is 0. The molecule has 0 amide bonds. The summed E-state index contributed by atoms with van der Waals surface area (Å²) in [6, 6.07) is 0. The van der Waals surface area contributed by atoms with Crippen molar-refractivity contribution < 1.29 is 23.4 Å². The Morgan fingerprint density at radius 1 is 0.667 bits per heavy atom. The summed E-state index contributed by atoms with van der Waals surface area (Å²) in [6.45, 7) is 16.1. The standard InChI is InChI=1S/C15H34O5Si/c1-15(2,3)21(5,6)20-14-13-19-12-11-18-10-9-17-8-7-16-4/h7-14H2,1-6H3. The van der Waals surface area contributed by atoms with E-state index in [0.717, 1.165) is 0 Å². The molecule has 0 aliphatic rings. The maximum absolute atomic E-state index is 6.02. The molecule has 0 aromatic heterocycles. The Bertz CT molecular complexity index is 241. The maximum atomic E-state index is 6.02. The minimum Gasteiger partial charge on any atom is -0.414 e. The molecule has 0 unspecified atom stereocenters. The van der Waals surface area contributed by atoms with Crippen LogP contribution in [-0.2, 0) is 23.4 Å². The number of rotatable bonds is 13. The molecule has 0 spiro atoms. The SMILES string of the molecule is COCCOCCOCCOCCO[Si](C)(C)C(C)(C)C. The van der Waals surface area contributed by atoms with E-state index in [1.807, 2.05) is 0 Å². The zero-order valence-corrected chi connectivity index (χ0v) is 15.7. The monoisotopic (exact) mass is 322 g/mol. The van der Waals surface area contributed by atoms with Crippen LogP contribution in [0.25, 0.3) is 0 Å². The third kappa shape index (κ3) is 11.3. The van der Waals surface area contributed by atoms with E-state index in [9.17, 15) is 0 Å². The zero-order valence-electron chi connectivity index (χ0n) is 14.7. The van der Waals surface area contributed by atoms with Gasteiger partial charge in [0.15, 0.2) is 8.32 Å². The summed E-state index contributed by atoms with van der Waals surface area (Å²) in [4.78, 5) is 0. The summed E-state index contributed by atoms with van der Waals surface area (Å²) in [5.74, 6) is 0. The van der Waals surface area contributed by atoms with Gasteiger partial charge in [-0.3, -0.25) is 0 Å². The Morgan fingerprint density at radius 2 is 1.05 bits per heavy atom. The molecular weight excluding hydrogens is 288 g/mol. The van der Waals surface area contributed by atoms with E-state index in [0.29, 0.717) is 52.9 Å². The van der Waals surface area contributed by atoms with Gasteiger partial charge in [-0.25, -0.2) is 0 Å². The van der Waals surface area contributed by atoms with Gasteiger partial charge in [-0.2, -0.15) is 0 Å². The van der Waals surface area contributed by atoms with Crippen LogP contribution in [0.4, 0.5) is 0 Å². The lowest BCUT2D eigenvalue weighted by Crippen LogP contribution is -2.41. The molecule has 0 saturated carbocycles. The Hall–Kier alpha value is 0.0169. The van der Waals surface area contributed by atoms with Crippen molar-refractivity contribution in [3.8, 4) is 0 Å². The van der Waals surface area contributed by atoms with Crippen molar-refractivity contribution in [3.63, 3.8) is 0 Å². The third-order valence-corrected chi connectivity index (χ3v) is 8.21. The third-order valence-electron chi connectivity index (χ3n) is 3.67. The van der Waals surface area contributed by atoms with E-state index in [4.69, 9.17) is 23.4 Å². The molecule has 5 nitrogen and oxygen atoms in total. The highest BCUT2D eigenvalue weighted by Gasteiger charge is 2.36. The average molecular weight is 323 g/mol. The molecule has 0 heterocycles. The van der Waals surface area contributed by atoms with Crippen molar-refractivity contribution in [1.29, 1.82) is 0 Å². The van der Waals surface area contributed by atoms with Crippen molar-refractivity contribution in [1.82, 2.24) is 0 Å². The van der Waals surface area contributed by atoms with Crippen molar-refractivity contribution in [3.05, 3.63) is 0 Å². The summed E-state index contributed by atoms with van der Waals surface area (Å²) >= 11 is 0.